The van der Waals surface area contributed by atoms with Crippen molar-refractivity contribution in [2.75, 3.05) is 6.61 Å². The minimum atomic E-state index is -0.988. The normalized spacial score (nSPS) is 17.6. The number of imide groups is 1. The quantitative estimate of drug-likeness (QED) is 0.533. The molecule has 0 aromatic heterocycles. The van der Waals surface area contributed by atoms with E-state index in [4.69, 9.17) is 4.74 Å². The molecule has 1 aliphatic heterocycles. The number of hydrogen-bond acceptors (Lipinski definition) is 6. The second kappa shape index (κ2) is 8.46. The molecule has 0 aliphatic carbocycles. The molecule has 0 unspecified atom stereocenters. The maximum Gasteiger partial charge on any atom is 0.329 e. The lowest BCUT2D eigenvalue weighted by atomic mass is 9.78. The number of nitrogens with zero attached hydrogens (tertiary/aromatic N) is 1. The number of rotatable bonds is 4. The predicted molar refractivity (Wildman–Crippen MR) is 119 cm³/mol. The van der Waals surface area contributed by atoms with Gasteiger partial charge < -0.3 is 9.84 Å². The van der Waals surface area contributed by atoms with Crippen molar-refractivity contribution in [2.24, 2.45) is 0 Å². The van der Waals surface area contributed by atoms with Gasteiger partial charge in [0.2, 0.25) is 0 Å². The lowest BCUT2D eigenvalue weighted by Crippen LogP contribution is -2.42. The highest BCUT2D eigenvalue weighted by Gasteiger charge is 2.41. The van der Waals surface area contributed by atoms with Crippen molar-refractivity contribution in [3.8, 4) is 5.75 Å². The summed E-state index contributed by atoms with van der Waals surface area (Å²) in [7, 11) is 0. The summed E-state index contributed by atoms with van der Waals surface area (Å²) in [6, 6.07) is 2.69. The molecule has 2 amide bonds. The van der Waals surface area contributed by atoms with Crippen molar-refractivity contribution < 1.29 is 24.2 Å². The van der Waals surface area contributed by atoms with Gasteiger partial charge in [0.05, 0.1) is 11.5 Å². The third-order valence-corrected chi connectivity index (χ3v) is 5.77. The van der Waals surface area contributed by atoms with E-state index in [1.54, 1.807) is 13.0 Å². The van der Waals surface area contributed by atoms with Crippen LogP contribution in [0.5, 0.6) is 5.75 Å². The van der Waals surface area contributed by atoms with Crippen molar-refractivity contribution in [1.82, 2.24) is 4.90 Å². The fraction of sp³-hybridized carbons (Fsp3) is 0.522. The van der Waals surface area contributed by atoms with Crippen LogP contribution >= 0.6 is 11.8 Å². The van der Waals surface area contributed by atoms with Gasteiger partial charge in [-0.1, -0.05) is 41.5 Å². The van der Waals surface area contributed by atoms with E-state index in [1.807, 2.05) is 53.7 Å². The van der Waals surface area contributed by atoms with E-state index in [-0.39, 0.29) is 28.1 Å². The Balaban J connectivity index is 2.52. The first kappa shape index (κ1) is 24.0. The summed E-state index contributed by atoms with van der Waals surface area (Å²) in [6.07, 6.45) is 1.65. The molecular weight excluding hydrogens is 402 g/mol. The summed E-state index contributed by atoms with van der Waals surface area (Å²) in [6.45, 7) is 15.4. The first-order chi connectivity index (χ1) is 13.7. The Labute approximate surface area is 182 Å². The number of phenolic OH excluding ortho intramolecular Hbond substituents is 1. The number of phenols is 1. The Kier molecular flexibility index (Phi) is 6.76. The summed E-state index contributed by atoms with van der Waals surface area (Å²) < 4.78 is 4.94. The van der Waals surface area contributed by atoms with Crippen LogP contribution in [0.15, 0.2) is 17.0 Å². The molecular formula is C23H31NO5S. The van der Waals surface area contributed by atoms with Gasteiger partial charge in [-0.25, -0.2) is 4.79 Å². The number of amides is 2. The van der Waals surface area contributed by atoms with E-state index in [9.17, 15) is 19.5 Å². The van der Waals surface area contributed by atoms with E-state index >= 15 is 0 Å². The maximum absolute atomic E-state index is 12.9. The van der Waals surface area contributed by atoms with Crippen LogP contribution in [0.4, 0.5) is 4.79 Å². The molecule has 0 radical (unpaired) electrons. The van der Waals surface area contributed by atoms with Gasteiger partial charge in [0.15, 0.2) is 0 Å². The topological polar surface area (TPSA) is 83.9 Å². The molecule has 0 bridgehead atoms. The van der Waals surface area contributed by atoms with Crippen LogP contribution in [0, 0.1) is 0 Å². The summed E-state index contributed by atoms with van der Waals surface area (Å²) in [5.74, 6) is -0.889. The van der Waals surface area contributed by atoms with Crippen molar-refractivity contribution in [3.05, 3.63) is 33.7 Å². The van der Waals surface area contributed by atoms with Crippen molar-refractivity contribution in [3.63, 3.8) is 0 Å². The molecule has 1 fully saturated rings. The van der Waals surface area contributed by atoms with Crippen LogP contribution < -0.4 is 0 Å². The van der Waals surface area contributed by atoms with Gasteiger partial charge in [-0.05, 0) is 60.2 Å². The number of carbonyl (C=O) groups excluding carboxylic acids is 3. The lowest BCUT2D eigenvalue weighted by molar-refractivity contribution is -0.150. The molecule has 1 atom stereocenters. The van der Waals surface area contributed by atoms with Crippen molar-refractivity contribution in [1.29, 1.82) is 0 Å². The largest absolute Gasteiger partial charge is 0.507 e. The molecule has 1 aromatic carbocycles. The second-order valence-corrected chi connectivity index (χ2v) is 10.4. The molecule has 7 heteroatoms. The summed E-state index contributed by atoms with van der Waals surface area (Å²) in [4.78, 5) is 38.5. The molecule has 0 spiro atoms. The molecule has 6 nitrogen and oxygen atoms in total. The van der Waals surface area contributed by atoms with Crippen LogP contribution in [0.2, 0.25) is 0 Å². The number of esters is 1. The number of hydrogen-bond donors (Lipinski definition) is 1. The highest BCUT2D eigenvalue weighted by molar-refractivity contribution is 8.18. The molecule has 1 aromatic rings. The Morgan fingerprint density at radius 2 is 1.63 bits per heavy atom. The van der Waals surface area contributed by atoms with E-state index < -0.39 is 23.2 Å². The van der Waals surface area contributed by atoms with Crippen molar-refractivity contribution in [2.45, 2.75) is 72.3 Å². The number of benzene rings is 1. The third kappa shape index (κ3) is 4.89. The fourth-order valence-corrected chi connectivity index (χ4v) is 4.13. The van der Waals surface area contributed by atoms with E-state index in [1.165, 1.54) is 6.92 Å². The fourth-order valence-electron chi connectivity index (χ4n) is 3.22. The van der Waals surface area contributed by atoms with E-state index in [2.05, 4.69) is 0 Å². The minimum Gasteiger partial charge on any atom is -0.507 e. The minimum absolute atomic E-state index is 0.175. The van der Waals surface area contributed by atoms with Gasteiger partial charge in [-0.2, -0.15) is 0 Å². The molecule has 1 saturated heterocycles. The zero-order valence-electron chi connectivity index (χ0n) is 19.0. The number of ether oxygens (including phenoxy) is 1. The first-order valence-corrected chi connectivity index (χ1v) is 10.8. The van der Waals surface area contributed by atoms with E-state index in [0.717, 1.165) is 33.4 Å². The van der Waals surface area contributed by atoms with Crippen molar-refractivity contribution >= 4 is 35.0 Å². The predicted octanol–water partition coefficient (Wildman–Crippen LogP) is 4.98. The van der Waals surface area contributed by atoms with Gasteiger partial charge in [0.1, 0.15) is 11.8 Å². The number of aromatic hydroxyl groups is 1. The zero-order chi connectivity index (χ0) is 23.0. The number of thioether (sulfide) groups is 1. The van der Waals surface area contributed by atoms with E-state index in [0.29, 0.717) is 0 Å². The van der Waals surface area contributed by atoms with Crippen LogP contribution in [0.3, 0.4) is 0 Å². The molecule has 2 rings (SSSR count). The first-order valence-electron chi connectivity index (χ1n) is 10.00. The van der Waals surface area contributed by atoms with Crippen LogP contribution in [-0.4, -0.2) is 39.8 Å². The SMILES string of the molecule is CCOC(=O)[C@@H](C)N1C(=O)S/C(=C\c2cc(C(C)(C)C)c(O)c(C(C)(C)C)c2)C1=O. The average molecular weight is 434 g/mol. The van der Waals surface area contributed by atoms with Gasteiger partial charge in [0.25, 0.3) is 11.1 Å². The lowest BCUT2D eigenvalue weighted by Gasteiger charge is -2.28. The molecule has 1 N–H and O–H groups in total. The van der Waals surface area contributed by atoms with Gasteiger partial charge in [-0.15, -0.1) is 0 Å². The van der Waals surface area contributed by atoms with Crippen LogP contribution in [0.25, 0.3) is 6.08 Å². The Morgan fingerprint density at radius 1 is 1.13 bits per heavy atom. The second-order valence-electron chi connectivity index (χ2n) is 9.44. The maximum atomic E-state index is 12.9. The van der Waals surface area contributed by atoms with Crippen LogP contribution in [0.1, 0.15) is 72.1 Å². The van der Waals surface area contributed by atoms with Gasteiger partial charge >= 0.3 is 5.97 Å². The Morgan fingerprint density at radius 3 is 2.07 bits per heavy atom. The standard InChI is InChI=1S/C23H31NO5S/c1-9-29-20(27)13(2)24-19(26)17(30-21(24)28)12-14-10-15(22(3,4)5)18(25)16(11-14)23(6,7)8/h10-13,25H,9H2,1-8H3/b17-12-/t13-/m1/s1. The summed E-state index contributed by atoms with van der Waals surface area (Å²) >= 11 is 0.800. The van der Waals surface area contributed by atoms with Gasteiger partial charge in [-0.3, -0.25) is 14.5 Å². The number of carbonyl (C=O) groups is 3. The third-order valence-electron chi connectivity index (χ3n) is 4.88. The summed E-state index contributed by atoms with van der Waals surface area (Å²) in [5.41, 5.74) is 1.62. The molecule has 1 heterocycles. The monoisotopic (exact) mass is 433 g/mol. The van der Waals surface area contributed by atoms with Crippen LogP contribution in [-0.2, 0) is 25.2 Å². The highest BCUT2D eigenvalue weighted by Crippen LogP contribution is 2.41. The highest BCUT2D eigenvalue weighted by atomic mass is 32.2. The molecule has 1 aliphatic rings. The van der Waals surface area contributed by atoms with Gasteiger partial charge in [0, 0.05) is 11.1 Å². The smallest absolute Gasteiger partial charge is 0.329 e. The summed E-state index contributed by atoms with van der Waals surface area (Å²) in [5, 5.41) is 10.4. The molecule has 0 saturated carbocycles. The average Bonchev–Trinajstić information content (AvgIpc) is 2.87. The Bertz CT molecular complexity index is 870. The molecule has 30 heavy (non-hydrogen) atoms. The zero-order valence-corrected chi connectivity index (χ0v) is 19.8. The Hall–Kier alpha value is -2.28. The molecule has 164 valence electrons.